The van der Waals surface area contributed by atoms with Gasteiger partial charge in [0, 0.05) is 13.1 Å². The fourth-order valence-electron chi connectivity index (χ4n) is 2.16. The molecular weight excluding hydrogens is 241 g/mol. The van der Waals surface area contributed by atoms with Crippen molar-refractivity contribution in [3.63, 3.8) is 0 Å². The molecule has 1 aromatic rings. The van der Waals surface area contributed by atoms with Crippen molar-refractivity contribution >= 4 is 10.0 Å². The largest absolute Gasteiger partial charge is 0.245 e. The predicted molar refractivity (Wildman–Crippen MR) is 63.6 cm³/mol. The summed E-state index contributed by atoms with van der Waals surface area (Å²) >= 11 is 0. The van der Waals surface area contributed by atoms with E-state index < -0.39 is 15.8 Å². The lowest BCUT2D eigenvalue weighted by molar-refractivity contribution is 0.280. The molecule has 1 atom stereocenters. The maximum absolute atomic E-state index is 13.5. The van der Waals surface area contributed by atoms with Gasteiger partial charge in [-0.2, -0.15) is 4.31 Å². The Labute approximate surface area is 101 Å². The molecule has 0 amide bonds. The van der Waals surface area contributed by atoms with Crippen LogP contribution in [0.4, 0.5) is 4.39 Å². The first kappa shape index (κ1) is 12.5. The summed E-state index contributed by atoms with van der Waals surface area (Å²) in [6, 6.07) is 5.54. The summed E-state index contributed by atoms with van der Waals surface area (Å²) in [7, 11) is -3.67. The lowest BCUT2D eigenvalue weighted by atomic mass is 10.0. The Balaban J connectivity index is 2.33. The fourth-order valence-corrected chi connectivity index (χ4v) is 3.82. The summed E-state index contributed by atoms with van der Waals surface area (Å²) in [4.78, 5) is -0.214. The number of nitrogens with zero attached hydrogens (tertiary/aromatic N) is 1. The minimum atomic E-state index is -3.67. The van der Waals surface area contributed by atoms with Crippen molar-refractivity contribution in [3.05, 3.63) is 30.1 Å². The van der Waals surface area contributed by atoms with Gasteiger partial charge >= 0.3 is 0 Å². The van der Waals surface area contributed by atoms with E-state index in [1.54, 1.807) is 6.07 Å². The highest BCUT2D eigenvalue weighted by molar-refractivity contribution is 7.89. The molecule has 1 aliphatic rings. The second-order valence-electron chi connectivity index (χ2n) is 4.54. The Hall–Kier alpha value is -0.940. The molecule has 17 heavy (non-hydrogen) atoms. The molecule has 0 aliphatic carbocycles. The van der Waals surface area contributed by atoms with Gasteiger partial charge in [-0.1, -0.05) is 19.1 Å². The Morgan fingerprint density at radius 2 is 2.06 bits per heavy atom. The molecule has 0 radical (unpaired) electrons. The molecule has 0 aromatic heterocycles. The van der Waals surface area contributed by atoms with Crippen LogP contribution in [0.3, 0.4) is 0 Å². The Bertz CT molecular complexity index is 501. The zero-order valence-corrected chi connectivity index (χ0v) is 10.6. The molecule has 2 rings (SSSR count). The minimum absolute atomic E-state index is 0.214. The van der Waals surface area contributed by atoms with Gasteiger partial charge in [-0.3, -0.25) is 0 Å². The smallest absolute Gasteiger partial charge is 0.207 e. The third-order valence-corrected chi connectivity index (χ3v) is 4.97. The summed E-state index contributed by atoms with van der Waals surface area (Å²) in [5.41, 5.74) is 0. The van der Waals surface area contributed by atoms with E-state index in [4.69, 9.17) is 0 Å². The van der Waals surface area contributed by atoms with Crippen molar-refractivity contribution in [1.29, 1.82) is 0 Å². The maximum Gasteiger partial charge on any atom is 0.245 e. The molecule has 94 valence electrons. The number of hydrogen-bond donors (Lipinski definition) is 0. The van der Waals surface area contributed by atoms with Crippen LogP contribution in [0, 0.1) is 11.7 Å². The number of rotatable bonds is 2. The third-order valence-electron chi connectivity index (χ3n) is 3.07. The third kappa shape index (κ3) is 2.50. The quantitative estimate of drug-likeness (QED) is 0.815. The van der Waals surface area contributed by atoms with Crippen LogP contribution in [-0.4, -0.2) is 25.8 Å². The van der Waals surface area contributed by atoms with Crippen LogP contribution in [0.1, 0.15) is 19.8 Å². The van der Waals surface area contributed by atoms with Crippen LogP contribution in [0.5, 0.6) is 0 Å². The normalized spacial score (nSPS) is 22.6. The van der Waals surface area contributed by atoms with Crippen molar-refractivity contribution in [1.82, 2.24) is 4.31 Å². The molecule has 0 bridgehead atoms. The van der Waals surface area contributed by atoms with Gasteiger partial charge in [-0.05, 0) is 30.9 Å². The lowest BCUT2D eigenvalue weighted by Gasteiger charge is -2.30. The number of piperidine rings is 1. The Morgan fingerprint density at radius 3 is 2.71 bits per heavy atom. The second-order valence-corrected chi connectivity index (χ2v) is 6.45. The first-order valence-electron chi connectivity index (χ1n) is 5.76. The average molecular weight is 257 g/mol. The summed E-state index contributed by atoms with van der Waals surface area (Å²) in [6.45, 7) is 2.99. The predicted octanol–water partition coefficient (Wildman–Crippen LogP) is 2.25. The van der Waals surface area contributed by atoms with Gasteiger partial charge in [-0.25, -0.2) is 12.8 Å². The van der Waals surface area contributed by atoms with E-state index in [0.717, 1.165) is 12.8 Å². The molecule has 1 fully saturated rings. The zero-order valence-electron chi connectivity index (χ0n) is 9.77. The van der Waals surface area contributed by atoms with Crippen molar-refractivity contribution in [2.24, 2.45) is 5.92 Å². The van der Waals surface area contributed by atoms with Gasteiger partial charge in [0.15, 0.2) is 0 Å². The van der Waals surface area contributed by atoms with Gasteiger partial charge in [-0.15, -0.1) is 0 Å². The van der Waals surface area contributed by atoms with Crippen LogP contribution in [0.2, 0.25) is 0 Å². The van der Waals surface area contributed by atoms with Gasteiger partial charge in [0.25, 0.3) is 0 Å². The molecule has 0 saturated carbocycles. The van der Waals surface area contributed by atoms with Crippen molar-refractivity contribution in [2.45, 2.75) is 24.7 Å². The highest BCUT2D eigenvalue weighted by atomic mass is 32.2. The van der Waals surface area contributed by atoms with E-state index >= 15 is 0 Å². The van der Waals surface area contributed by atoms with Crippen LogP contribution in [0.25, 0.3) is 0 Å². The fraction of sp³-hybridized carbons (Fsp3) is 0.500. The average Bonchev–Trinajstić information content (AvgIpc) is 2.29. The molecule has 0 N–H and O–H groups in total. The van der Waals surface area contributed by atoms with Crippen molar-refractivity contribution < 1.29 is 12.8 Å². The van der Waals surface area contributed by atoms with E-state index in [-0.39, 0.29) is 4.90 Å². The summed E-state index contributed by atoms with van der Waals surface area (Å²) in [5, 5.41) is 0. The molecule has 1 unspecified atom stereocenters. The first-order valence-corrected chi connectivity index (χ1v) is 7.20. The van der Waals surface area contributed by atoms with Gasteiger partial charge in [0.2, 0.25) is 10.0 Å². The van der Waals surface area contributed by atoms with Crippen LogP contribution >= 0.6 is 0 Å². The van der Waals surface area contributed by atoms with Gasteiger partial charge in [0.1, 0.15) is 10.7 Å². The molecule has 1 saturated heterocycles. The molecule has 1 aromatic carbocycles. The molecule has 1 aliphatic heterocycles. The van der Waals surface area contributed by atoms with Gasteiger partial charge < -0.3 is 0 Å². The maximum atomic E-state index is 13.5. The number of sulfonamides is 1. The van der Waals surface area contributed by atoms with Gasteiger partial charge in [0.05, 0.1) is 0 Å². The number of hydrogen-bond acceptors (Lipinski definition) is 2. The van der Waals surface area contributed by atoms with Crippen molar-refractivity contribution in [3.8, 4) is 0 Å². The zero-order chi connectivity index (χ0) is 12.5. The lowest BCUT2D eigenvalue weighted by Crippen LogP contribution is -2.39. The van der Waals surface area contributed by atoms with E-state index in [0.29, 0.717) is 19.0 Å². The SMILES string of the molecule is CC1CCCN(S(=O)(=O)c2ccccc2F)C1. The molecule has 3 nitrogen and oxygen atoms in total. The monoisotopic (exact) mass is 257 g/mol. The highest BCUT2D eigenvalue weighted by Gasteiger charge is 2.30. The standard InChI is InChI=1S/C12H16FNO2S/c1-10-5-4-8-14(9-10)17(15,16)12-7-3-2-6-11(12)13/h2-3,6-7,10H,4-5,8-9H2,1H3. The number of halogens is 1. The molecule has 5 heteroatoms. The summed E-state index contributed by atoms with van der Waals surface area (Å²) in [6.07, 6.45) is 1.87. The summed E-state index contributed by atoms with van der Waals surface area (Å²) < 4.78 is 39.4. The van der Waals surface area contributed by atoms with E-state index in [1.165, 1.54) is 22.5 Å². The Morgan fingerprint density at radius 1 is 1.35 bits per heavy atom. The summed E-state index contributed by atoms with van der Waals surface area (Å²) in [5.74, 6) is -0.337. The number of benzene rings is 1. The molecule has 0 spiro atoms. The van der Waals surface area contributed by atoms with E-state index in [9.17, 15) is 12.8 Å². The van der Waals surface area contributed by atoms with Crippen LogP contribution in [-0.2, 0) is 10.0 Å². The molecule has 1 heterocycles. The van der Waals surface area contributed by atoms with Crippen LogP contribution in [0.15, 0.2) is 29.2 Å². The minimum Gasteiger partial charge on any atom is -0.207 e. The van der Waals surface area contributed by atoms with E-state index in [1.807, 2.05) is 6.92 Å². The second kappa shape index (κ2) is 4.74. The highest BCUT2D eigenvalue weighted by Crippen LogP contribution is 2.24. The topological polar surface area (TPSA) is 37.4 Å². The molecular formula is C12H16FNO2S. The van der Waals surface area contributed by atoms with Crippen LogP contribution < -0.4 is 0 Å². The van der Waals surface area contributed by atoms with E-state index in [2.05, 4.69) is 0 Å². The first-order chi connectivity index (χ1) is 8.01. The van der Waals surface area contributed by atoms with Crippen molar-refractivity contribution in [2.75, 3.05) is 13.1 Å². The Kier molecular flexibility index (Phi) is 3.49.